The van der Waals surface area contributed by atoms with Crippen LogP contribution in [0.3, 0.4) is 0 Å². The Hall–Kier alpha value is -2.26. The number of esters is 2. The lowest BCUT2D eigenvalue weighted by atomic mass is 9.98. The summed E-state index contributed by atoms with van der Waals surface area (Å²) in [5, 5.41) is 14.0. The number of aliphatic hydroxyl groups is 1. The van der Waals surface area contributed by atoms with E-state index in [2.05, 4.69) is 10.0 Å². The van der Waals surface area contributed by atoms with E-state index in [4.69, 9.17) is 19.7 Å². The van der Waals surface area contributed by atoms with Gasteiger partial charge >= 0.3 is 11.9 Å². The zero-order valence-corrected chi connectivity index (χ0v) is 15.0. The molecule has 1 aromatic carbocycles. The van der Waals surface area contributed by atoms with Crippen molar-refractivity contribution in [1.29, 1.82) is 0 Å². The van der Waals surface area contributed by atoms with Crippen LogP contribution in [0.5, 0.6) is 0 Å². The second kappa shape index (κ2) is 9.44. The molecule has 1 saturated heterocycles. The number of hydrogen-bond acceptors (Lipinski definition) is 8. The van der Waals surface area contributed by atoms with E-state index in [-0.39, 0.29) is 6.61 Å². The summed E-state index contributed by atoms with van der Waals surface area (Å²) in [7, 11) is 0. The summed E-state index contributed by atoms with van der Waals surface area (Å²) >= 11 is 1.25. The van der Waals surface area contributed by atoms with Crippen LogP contribution < -0.4 is 0 Å². The molecule has 26 heavy (non-hydrogen) atoms. The second-order valence-electron chi connectivity index (χ2n) is 5.54. The predicted octanol–water partition coefficient (Wildman–Crippen LogP) is 2.04. The van der Waals surface area contributed by atoms with Crippen molar-refractivity contribution < 1.29 is 28.9 Å². The molecule has 1 fully saturated rings. The van der Waals surface area contributed by atoms with Gasteiger partial charge in [0.15, 0.2) is 0 Å². The molecule has 1 N–H and O–H groups in total. The molecular weight excluding hydrogens is 362 g/mol. The van der Waals surface area contributed by atoms with Crippen molar-refractivity contribution in [2.24, 2.45) is 5.11 Å². The van der Waals surface area contributed by atoms with Gasteiger partial charge < -0.3 is 19.3 Å². The molecular formula is C16H19N3O6S. The Kier molecular flexibility index (Phi) is 7.28. The molecule has 5 atom stereocenters. The third kappa shape index (κ3) is 5.37. The first-order valence-electron chi connectivity index (χ1n) is 7.82. The van der Waals surface area contributed by atoms with E-state index in [9.17, 15) is 14.7 Å². The summed E-state index contributed by atoms with van der Waals surface area (Å²) in [6.07, 6.45) is -3.23. The Morgan fingerprint density at radius 3 is 2.58 bits per heavy atom. The van der Waals surface area contributed by atoms with Crippen LogP contribution in [-0.2, 0) is 23.8 Å². The standard InChI is InChI=1S/C16H19N3O6S/c1-9(20)23-8-12-14(22)13(18-19-17)15(24-10(2)21)16(25-12)26-11-6-4-3-5-7-11/h3-7,12-16,22H,8H2,1-2H3/t12?,13-,14?,15+,16+/m1/s1. The van der Waals surface area contributed by atoms with E-state index < -0.39 is 41.7 Å². The number of benzene rings is 1. The van der Waals surface area contributed by atoms with E-state index >= 15 is 0 Å². The second-order valence-corrected chi connectivity index (χ2v) is 6.71. The summed E-state index contributed by atoms with van der Waals surface area (Å²) in [6.45, 7) is 2.24. The number of aliphatic hydroxyl groups excluding tert-OH is 1. The van der Waals surface area contributed by atoms with Crippen LogP contribution >= 0.6 is 11.8 Å². The number of rotatable bonds is 6. The largest absolute Gasteiger partial charge is 0.463 e. The first kappa shape index (κ1) is 20.1. The Morgan fingerprint density at radius 1 is 1.31 bits per heavy atom. The van der Waals surface area contributed by atoms with Gasteiger partial charge in [0, 0.05) is 23.7 Å². The highest BCUT2D eigenvalue weighted by Crippen LogP contribution is 2.36. The van der Waals surface area contributed by atoms with Crippen molar-refractivity contribution in [3.8, 4) is 0 Å². The number of carbonyl (C=O) groups excluding carboxylic acids is 2. The maximum Gasteiger partial charge on any atom is 0.303 e. The third-order valence-electron chi connectivity index (χ3n) is 3.58. The Bertz CT molecular complexity index is 682. The molecule has 1 aliphatic rings. The quantitative estimate of drug-likeness (QED) is 0.345. The molecule has 1 aliphatic heterocycles. The maximum atomic E-state index is 11.5. The molecule has 9 nitrogen and oxygen atoms in total. The predicted molar refractivity (Wildman–Crippen MR) is 92.1 cm³/mol. The molecule has 2 rings (SSSR count). The van der Waals surface area contributed by atoms with Crippen molar-refractivity contribution >= 4 is 23.7 Å². The van der Waals surface area contributed by atoms with Crippen LogP contribution in [0, 0.1) is 0 Å². The smallest absolute Gasteiger partial charge is 0.303 e. The molecule has 140 valence electrons. The minimum absolute atomic E-state index is 0.216. The lowest BCUT2D eigenvalue weighted by Gasteiger charge is -2.42. The van der Waals surface area contributed by atoms with Crippen LogP contribution in [-0.4, -0.2) is 53.4 Å². The van der Waals surface area contributed by atoms with Gasteiger partial charge in [0.1, 0.15) is 30.3 Å². The zero-order valence-electron chi connectivity index (χ0n) is 14.2. The lowest BCUT2D eigenvalue weighted by molar-refractivity contribution is -0.189. The fourth-order valence-electron chi connectivity index (χ4n) is 2.48. The van der Waals surface area contributed by atoms with Gasteiger partial charge in [-0.2, -0.15) is 0 Å². The van der Waals surface area contributed by atoms with Crippen molar-refractivity contribution in [2.75, 3.05) is 6.61 Å². The van der Waals surface area contributed by atoms with E-state index in [0.717, 1.165) is 4.90 Å². The van der Waals surface area contributed by atoms with Gasteiger partial charge in [0.05, 0.1) is 6.10 Å². The Labute approximate surface area is 154 Å². The normalized spacial score (nSPS) is 27.9. The highest BCUT2D eigenvalue weighted by atomic mass is 32.2. The molecule has 0 spiro atoms. The maximum absolute atomic E-state index is 11.5. The molecule has 1 aromatic rings. The fourth-order valence-corrected chi connectivity index (χ4v) is 3.61. The third-order valence-corrected chi connectivity index (χ3v) is 4.73. The molecule has 0 aliphatic carbocycles. The van der Waals surface area contributed by atoms with E-state index in [1.807, 2.05) is 30.3 Å². The van der Waals surface area contributed by atoms with Gasteiger partial charge in [-0.15, -0.1) is 0 Å². The van der Waals surface area contributed by atoms with Gasteiger partial charge in [-0.1, -0.05) is 35.1 Å². The van der Waals surface area contributed by atoms with Crippen LogP contribution in [0.15, 0.2) is 40.3 Å². The lowest BCUT2D eigenvalue weighted by Crippen LogP contribution is -2.58. The van der Waals surface area contributed by atoms with Crippen LogP contribution in [0.2, 0.25) is 0 Å². The molecule has 0 amide bonds. The summed E-state index contributed by atoms with van der Waals surface area (Å²) in [5.74, 6) is -1.13. The van der Waals surface area contributed by atoms with Gasteiger partial charge in [-0.25, -0.2) is 0 Å². The minimum Gasteiger partial charge on any atom is -0.463 e. The van der Waals surface area contributed by atoms with Crippen molar-refractivity contribution in [2.45, 2.75) is 48.5 Å². The molecule has 0 radical (unpaired) electrons. The van der Waals surface area contributed by atoms with Crippen LogP contribution in [0.1, 0.15) is 13.8 Å². The molecule has 10 heteroatoms. The van der Waals surface area contributed by atoms with Crippen LogP contribution in [0.25, 0.3) is 10.4 Å². The molecule has 0 aromatic heterocycles. The number of hydrogen-bond donors (Lipinski definition) is 1. The average molecular weight is 381 g/mol. The average Bonchev–Trinajstić information content (AvgIpc) is 2.59. The van der Waals surface area contributed by atoms with Gasteiger partial charge in [0.2, 0.25) is 0 Å². The first-order chi connectivity index (χ1) is 12.4. The summed E-state index contributed by atoms with van der Waals surface area (Å²) in [5.41, 5.74) is 8.08. The Balaban J connectivity index is 2.29. The van der Waals surface area contributed by atoms with Crippen molar-refractivity contribution in [3.63, 3.8) is 0 Å². The Morgan fingerprint density at radius 2 is 2.00 bits per heavy atom. The number of azide groups is 1. The molecule has 2 unspecified atom stereocenters. The summed E-state index contributed by atoms with van der Waals surface area (Å²) in [6, 6.07) is 8.12. The monoisotopic (exact) mass is 381 g/mol. The molecule has 0 saturated carbocycles. The highest BCUT2D eigenvalue weighted by molar-refractivity contribution is 7.99. The number of nitrogens with zero attached hydrogens (tertiary/aromatic N) is 3. The number of carbonyl (C=O) groups is 2. The molecule has 1 heterocycles. The zero-order chi connectivity index (χ0) is 19.1. The van der Waals surface area contributed by atoms with Gasteiger partial charge in [-0.3, -0.25) is 9.59 Å². The van der Waals surface area contributed by atoms with Crippen molar-refractivity contribution in [1.82, 2.24) is 0 Å². The van der Waals surface area contributed by atoms with Crippen LogP contribution in [0.4, 0.5) is 0 Å². The fraction of sp³-hybridized carbons (Fsp3) is 0.500. The van der Waals surface area contributed by atoms with Gasteiger partial charge in [-0.05, 0) is 17.7 Å². The minimum atomic E-state index is -1.30. The first-order valence-corrected chi connectivity index (χ1v) is 8.70. The SMILES string of the molecule is CC(=O)OCC1O[C@@H](Sc2ccccc2)[C@@H](OC(C)=O)[C@H](N=[N+]=[N-])C1O. The summed E-state index contributed by atoms with van der Waals surface area (Å²) < 4.78 is 16.0. The molecule has 0 bridgehead atoms. The van der Waals surface area contributed by atoms with Crippen molar-refractivity contribution in [3.05, 3.63) is 40.8 Å². The topological polar surface area (TPSA) is 131 Å². The number of thioether (sulfide) groups is 1. The highest BCUT2D eigenvalue weighted by Gasteiger charge is 2.47. The number of ether oxygens (including phenoxy) is 3. The summed E-state index contributed by atoms with van der Waals surface area (Å²) in [4.78, 5) is 26.1. The van der Waals surface area contributed by atoms with E-state index in [1.165, 1.54) is 25.6 Å². The van der Waals surface area contributed by atoms with Gasteiger partial charge in [0.25, 0.3) is 0 Å². The van der Waals surface area contributed by atoms with E-state index in [0.29, 0.717) is 0 Å². The van der Waals surface area contributed by atoms with E-state index in [1.54, 1.807) is 0 Å².